The van der Waals surface area contributed by atoms with E-state index in [-0.39, 0.29) is 0 Å². The van der Waals surface area contributed by atoms with Gasteiger partial charge in [0.1, 0.15) is 0 Å². The average Bonchev–Trinajstić information content (AvgIpc) is 1.86. The first-order chi connectivity index (χ1) is 4.04. The summed E-state index contributed by atoms with van der Waals surface area (Å²) >= 11 is 0. The van der Waals surface area contributed by atoms with E-state index in [1.54, 1.807) is 6.92 Å². The van der Waals surface area contributed by atoms with Gasteiger partial charge in [-0.1, -0.05) is 6.92 Å². The van der Waals surface area contributed by atoms with Gasteiger partial charge in [0.25, 0.3) is 0 Å². The fraction of sp³-hybridized carbons (Fsp3) is 1.00. The van der Waals surface area contributed by atoms with Gasteiger partial charge >= 0.3 is 10.3 Å². The molecule has 4 nitrogen and oxygen atoms in total. The first-order valence-electron chi connectivity index (χ1n) is 2.56. The second kappa shape index (κ2) is 3.14. The van der Waals surface area contributed by atoms with E-state index >= 15 is 0 Å². The van der Waals surface area contributed by atoms with Crippen LogP contribution in [-0.4, -0.2) is 33.4 Å². The second-order valence-corrected chi connectivity index (χ2v) is 3.35. The fourth-order valence-corrected chi connectivity index (χ4v) is 0.856. The highest BCUT2D eigenvalue weighted by Gasteiger charge is 2.12. The Bertz CT molecular complexity index is 163. The third-order valence-corrected chi connectivity index (χ3v) is 2.48. The van der Waals surface area contributed by atoms with Crippen molar-refractivity contribution in [3.8, 4) is 0 Å². The molecule has 0 aliphatic heterocycles. The zero-order chi connectivity index (χ0) is 7.49. The molecule has 0 saturated heterocycles. The highest BCUT2D eigenvalue weighted by Crippen LogP contribution is 1.95. The van der Waals surface area contributed by atoms with Crippen LogP contribution in [0, 0.1) is 0 Å². The molecule has 0 aliphatic carbocycles. The minimum Gasteiger partial charge on any atom is -0.261 e. The molecule has 0 aromatic carbocycles. The molecule has 5 heteroatoms. The van der Waals surface area contributed by atoms with Gasteiger partial charge in [-0.2, -0.15) is 12.7 Å². The van der Waals surface area contributed by atoms with Crippen molar-refractivity contribution in [2.45, 2.75) is 6.92 Å². The van der Waals surface area contributed by atoms with Gasteiger partial charge in [-0.25, -0.2) is 0 Å². The monoisotopic (exact) mass is 153 g/mol. The molecule has 0 spiro atoms. The van der Waals surface area contributed by atoms with Gasteiger partial charge in [0.15, 0.2) is 0 Å². The molecule has 0 N–H and O–H groups in total. The van der Waals surface area contributed by atoms with E-state index in [1.165, 1.54) is 7.05 Å². The predicted octanol–water partition coefficient (Wildman–Crippen LogP) is -0.171. The number of hydrogen-bond acceptors (Lipinski definition) is 3. The molecule has 0 aliphatic rings. The summed E-state index contributed by atoms with van der Waals surface area (Å²) in [4.78, 5) is 0. The van der Waals surface area contributed by atoms with Gasteiger partial charge in [-0.15, -0.1) is 0 Å². The van der Waals surface area contributed by atoms with E-state index in [9.17, 15) is 8.42 Å². The third kappa shape index (κ3) is 2.30. The van der Waals surface area contributed by atoms with Crippen LogP contribution in [0.2, 0.25) is 0 Å². The van der Waals surface area contributed by atoms with Crippen LogP contribution in [0.1, 0.15) is 6.92 Å². The first-order valence-corrected chi connectivity index (χ1v) is 3.93. The predicted molar refractivity (Wildman–Crippen MR) is 34.2 cm³/mol. The Hall–Kier alpha value is -0.130. The molecule has 9 heavy (non-hydrogen) atoms. The summed E-state index contributed by atoms with van der Waals surface area (Å²) in [5.74, 6) is 0. The smallest absolute Gasteiger partial charge is 0.261 e. The van der Waals surface area contributed by atoms with E-state index in [4.69, 9.17) is 0 Å². The maximum Gasteiger partial charge on any atom is 0.337 e. The van der Waals surface area contributed by atoms with Crippen molar-refractivity contribution in [2.24, 2.45) is 0 Å². The highest BCUT2D eigenvalue weighted by atomic mass is 32.2. The molecule has 0 aromatic heterocycles. The molecule has 0 radical (unpaired) electrons. The molecule has 0 saturated carbocycles. The van der Waals surface area contributed by atoms with Crippen molar-refractivity contribution in [1.82, 2.24) is 4.31 Å². The van der Waals surface area contributed by atoms with Crippen LogP contribution in [-0.2, 0) is 14.5 Å². The lowest BCUT2D eigenvalue weighted by Gasteiger charge is -2.10. The summed E-state index contributed by atoms with van der Waals surface area (Å²) in [6, 6.07) is 0. The molecule has 56 valence electrons. The van der Waals surface area contributed by atoms with Crippen LogP contribution >= 0.6 is 0 Å². The second-order valence-electron chi connectivity index (χ2n) is 1.54. The van der Waals surface area contributed by atoms with E-state index in [0.717, 1.165) is 11.4 Å². The summed E-state index contributed by atoms with van der Waals surface area (Å²) in [5, 5.41) is 0. The van der Waals surface area contributed by atoms with Crippen molar-refractivity contribution in [3.05, 3.63) is 0 Å². The minimum absolute atomic E-state index is 0.427. The fourth-order valence-electron chi connectivity index (χ4n) is 0.285. The van der Waals surface area contributed by atoms with Crippen LogP contribution in [0.15, 0.2) is 0 Å². The molecule has 0 rings (SSSR count). The number of hydrogen-bond donors (Lipinski definition) is 0. The quantitative estimate of drug-likeness (QED) is 0.565. The van der Waals surface area contributed by atoms with E-state index in [2.05, 4.69) is 4.18 Å². The van der Waals surface area contributed by atoms with Crippen LogP contribution in [0.5, 0.6) is 0 Å². The van der Waals surface area contributed by atoms with E-state index in [1.807, 2.05) is 0 Å². The average molecular weight is 153 g/mol. The molecule has 0 atom stereocenters. The van der Waals surface area contributed by atoms with Gasteiger partial charge in [-0.3, -0.25) is 4.18 Å². The molecule has 0 aromatic rings. The largest absolute Gasteiger partial charge is 0.337 e. The highest BCUT2D eigenvalue weighted by molar-refractivity contribution is 7.84. The number of nitrogens with zero attached hydrogens (tertiary/aromatic N) is 1. The zero-order valence-corrected chi connectivity index (χ0v) is 6.60. The van der Waals surface area contributed by atoms with Crippen LogP contribution in [0.25, 0.3) is 0 Å². The standard InChI is InChI=1S/C4H11NO3S/c1-4-5(2)9(6,7)8-3/h4H2,1-3H3. The van der Waals surface area contributed by atoms with Crippen molar-refractivity contribution in [2.75, 3.05) is 20.7 Å². The summed E-state index contributed by atoms with van der Waals surface area (Å²) < 4.78 is 26.6. The topological polar surface area (TPSA) is 46.6 Å². The molecule has 0 amide bonds. The minimum atomic E-state index is -3.41. The Morgan fingerprint density at radius 2 is 2.00 bits per heavy atom. The molecule has 0 heterocycles. The maximum absolute atomic E-state index is 10.6. The Balaban J connectivity index is 4.17. The first kappa shape index (κ1) is 8.87. The van der Waals surface area contributed by atoms with Crippen LogP contribution in [0.3, 0.4) is 0 Å². The van der Waals surface area contributed by atoms with Gasteiger partial charge in [-0.05, 0) is 0 Å². The molecule has 0 unspecified atom stereocenters. The molecular weight excluding hydrogens is 142 g/mol. The summed E-state index contributed by atoms with van der Waals surface area (Å²) in [5.41, 5.74) is 0. The summed E-state index contributed by atoms with van der Waals surface area (Å²) in [7, 11) is -0.817. The van der Waals surface area contributed by atoms with Gasteiger partial charge in [0.2, 0.25) is 0 Å². The molecule has 0 bridgehead atoms. The SMILES string of the molecule is CCN(C)S(=O)(=O)OC. The Kier molecular flexibility index (Phi) is 3.10. The Morgan fingerprint density at radius 3 is 2.11 bits per heavy atom. The van der Waals surface area contributed by atoms with Crippen molar-refractivity contribution in [3.63, 3.8) is 0 Å². The number of rotatable bonds is 3. The van der Waals surface area contributed by atoms with Crippen molar-refractivity contribution in [1.29, 1.82) is 0 Å². The lowest BCUT2D eigenvalue weighted by atomic mass is 10.8. The lowest BCUT2D eigenvalue weighted by Crippen LogP contribution is -2.27. The van der Waals surface area contributed by atoms with E-state index < -0.39 is 10.3 Å². The lowest BCUT2D eigenvalue weighted by molar-refractivity contribution is 0.340. The molecule has 0 fully saturated rings. The van der Waals surface area contributed by atoms with Crippen molar-refractivity contribution < 1.29 is 12.6 Å². The molecular formula is C4H11NO3S. The van der Waals surface area contributed by atoms with Crippen LogP contribution in [0.4, 0.5) is 0 Å². The summed E-state index contributed by atoms with van der Waals surface area (Å²) in [6.07, 6.45) is 0. The zero-order valence-electron chi connectivity index (χ0n) is 5.79. The van der Waals surface area contributed by atoms with Gasteiger partial charge in [0.05, 0.1) is 7.11 Å². The van der Waals surface area contributed by atoms with Crippen molar-refractivity contribution >= 4 is 10.3 Å². The van der Waals surface area contributed by atoms with Gasteiger partial charge < -0.3 is 0 Å². The van der Waals surface area contributed by atoms with E-state index in [0.29, 0.717) is 6.54 Å². The third-order valence-electron chi connectivity index (χ3n) is 1.04. The van der Waals surface area contributed by atoms with Crippen LogP contribution < -0.4 is 0 Å². The Labute approximate surface area is 55.7 Å². The normalized spacial score (nSPS) is 12.4. The van der Waals surface area contributed by atoms with Gasteiger partial charge in [0, 0.05) is 13.6 Å². The maximum atomic E-state index is 10.6. The summed E-state index contributed by atoms with van der Waals surface area (Å²) in [6.45, 7) is 2.16. The Morgan fingerprint density at radius 1 is 1.56 bits per heavy atom.